The molecule has 35 heavy (non-hydrogen) atoms. The summed E-state index contributed by atoms with van der Waals surface area (Å²) in [6.07, 6.45) is 8.76. The zero-order chi connectivity index (χ0) is 24.4. The number of nitrogens with zero attached hydrogens (tertiary/aromatic N) is 2. The minimum Gasteiger partial charge on any atom is -0.477 e. The summed E-state index contributed by atoms with van der Waals surface area (Å²) in [5, 5.41) is 17.1. The number of allylic oxidation sites excluding steroid dienone is 2. The van der Waals surface area contributed by atoms with Crippen molar-refractivity contribution in [3.8, 4) is 11.8 Å². The van der Waals surface area contributed by atoms with Crippen LogP contribution in [0.15, 0.2) is 60.8 Å². The Kier molecular flexibility index (Phi) is 6.40. The molecule has 180 valence electrons. The lowest BCUT2D eigenvalue weighted by Gasteiger charge is -2.39. The van der Waals surface area contributed by atoms with Gasteiger partial charge >= 0.3 is 0 Å². The van der Waals surface area contributed by atoms with Crippen molar-refractivity contribution in [2.75, 3.05) is 25.0 Å². The van der Waals surface area contributed by atoms with Gasteiger partial charge in [0.15, 0.2) is 6.10 Å². The summed E-state index contributed by atoms with van der Waals surface area (Å²) in [6.45, 7) is 1.31. The van der Waals surface area contributed by atoms with Crippen molar-refractivity contribution in [1.29, 1.82) is 5.26 Å². The molecule has 3 aliphatic heterocycles. The maximum atomic E-state index is 13.3. The zero-order valence-corrected chi connectivity index (χ0v) is 19.9. The first-order chi connectivity index (χ1) is 17.0. The SMILES string of the molecule is N#CC1(Cc2ccc(F)cc2)CCN(C(=O)C2CNc3cc(Cl)c(C4C=CC=CN4)cc3O2)CC1. The number of ether oxygens (including phenoxy) is 1. The molecule has 0 bridgehead atoms. The molecule has 1 fully saturated rings. The molecule has 0 aromatic heterocycles. The lowest BCUT2D eigenvalue weighted by Crippen LogP contribution is -2.51. The second kappa shape index (κ2) is 9.63. The van der Waals surface area contributed by atoms with Gasteiger partial charge in [-0.3, -0.25) is 4.79 Å². The number of carbonyl (C=O) groups is 1. The minimum absolute atomic E-state index is 0.0696. The molecule has 3 heterocycles. The first-order valence-corrected chi connectivity index (χ1v) is 12.1. The van der Waals surface area contributed by atoms with Gasteiger partial charge in [-0.25, -0.2) is 4.39 Å². The van der Waals surface area contributed by atoms with E-state index in [1.54, 1.807) is 17.0 Å². The average Bonchev–Trinajstić information content (AvgIpc) is 2.90. The highest BCUT2D eigenvalue weighted by Gasteiger charge is 2.39. The molecule has 1 amide bonds. The molecule has 8 heteroatoms. The van der Waals surface area contributed by atoms with E-state index in [4.69, 9.17) is 16.3 Å². The molecule has 6 nitrogen and oxygen atoms in total. The van der Waals surface area contributed by atoms with Crippen LogP contribution in [0.4, 0.5) is 10.1 Å². The average molecular weight is 493 g/mol. The number of anilines is 1. The Labute approximate surface area is 209 Å². The second-order valence-corrected chi connectivity index (χ2v) is 9.67. The summed E-state index contributed by atoms with van der Waals surface area (Å²) < 4.78 is 19.4. The third-order valence-corrected chi connectivity index (χ3v) is 7.30. The molecule has 0 radical (unpaired) electrons. The van der Waals surface area contributed by atoms with Gasteiger partial charge in [0.2, 0.25) is 0 Å². The monoisotopic (exact) mass is 492 g/mol. The van der Waals surface area contributed by atoms with Gasteiger partial charge in [0.1, 0.15) is 11.6 Å². The summed E-state index contributed by atoms with van der Waals surface area (Å²) in [7, 11) is 0. The van der Waals surface area contributed by atoms with Gasteiger partial charge in [-0.15, -0.1) is 0 Å². The van der Waals surface area contributed by atoms with Crippen LogP contribution in [-0.4, -0.2) is 36.5 Å². The minimum atomic E-state index is -0.655. The van der Waals surface area contributed by atoms with E-state index < -0.39 is 11.5 Å². The van der Waals surface area contributed by atoms with Gasteiger partial charge in [-0.05, 0) is 61.4 Å². The first-order valence-electron chi connectivity index (χ1n) is 11.7. The number of hydrogen-bond donors (Lipinski definition) is 2. The second-order valence-electron chi connectivity index (χ2n) is 9.27. The van der Waals surface area contributed by atoms with Crippen molar-refractivity contribution >= 4 is 23.2 Å². The van der Waals surface area contributed by atoms with Crippen LogP contribution in [0.5, 0.6) is 5.75 Å². The van der Waals surface area contributed by atoms with E-state index in [1.165, 1.54) is 12.1 Å². The lowest BCUT2D eigenvalue weighted by atomic mass is 9.75. The molecule has 0 aliphatic carbocycles. The number of hydrogen-bond acceptors (Lipinski definition) is 5. The highest BCUT2D eigenvalue weighted by Crippen LogP contribution is 2.39. The Balaban J connectivity index is 1.24. The molecule has 5 rings (SSSR count). The van der Waals surface area contributed by atoms with Crippen molar-refractivity contribution in [2.45, 2.75) is 31.4 Å². The highest BCUT2D eigenvalue weighted by atomic mass is 35.5. The van der Waals surface area contributed by atoms with Gasteiger partial charge in [0.25, 0.3) is 5.91 Å². The molecule has 2 atom stereocenters. The summed E-state index contributed by atoms with van der Waals surface area (Å²) >= 11 is 6.51. The van der Waals surface area contributed by atoms with E-state index in [1.807, 2.05) is 36.6 Å². The smallest absolute Gasteiger partial charge is 0.265 e. The number of carbonyl (C=O) groups excluding carboxylic acids is 1. The molecule has 2 aromatic rings. The number of nitrogens with one attached hydrogen (secondary N) is 2. The molecule has 2 unspecified atom stereocenters. The van der Waals surface area contributed by atoms with Gasteiger partial charge in [-0.2, -0.15) is 5.26 Å². The Morgan fingerprint density at radius 2 is 2.00 bits per heavy atom. The Morgan fingerprint density at radius 3 is 2.69 bits per heavy atom. The molecular weight excluding hydrogens is 467 g/mol. The topological polar surface area (TPSA) is 77.4 Å². The summed E-state index contributed by atoms with van der Waals surface area (Å²) in [6, 6.07) is 12.4. The first kappa shape index (κ1) is 23.3. The molecular formula is C27H26ClFN4O2. The van der Waals surface area contributed by atoms with Crippen LogP contribution in [0, 0.1) is 22.6 Å². The number of likely N-dealkylation sites (tertiary alicyclic amines) is 1. The van der Waals surface area contributed by atoms with E-state index in [9.17, 15) is 14.4 Å². The molecule has 3 aliphatic rings. The predicted octanol–water partition coefficient (Wildman–Crippen LogP) is 4.74. The largest absolute Gasteiger partial charge is 0.477 e. The molecule has 0 spiro atoms. The van der Waals surface area contributed by atoms with Crippen molar-refractivity contribution in [3.05, 3.63) is 82.8 Å². The number of nitriles is 1. The molecule has 2 aromatic carbocycles. The maximum absolute atomic E-state index is 13.3. The summed E-state index contributed by atoms with van der Waals surface area (Å²) in [4.78, 5) is 15.1. The van der Waals surface area contributed by atoms with Crippen molar-refractivity contribution in [1.82, 2.24) is 10.2 Å². The lowest BCUT2D eigenvalue weighted by molar-refractivity contribution is -0.140. The number of benzene rings is 2. The highest BCUT2D eigenvalue weighted by molar-refractivity contribution is 6.31. The van der Waals surface area contributed by atoms with E-state index >= 15 is 0 Å². The van der Waals surface area contributed by atoms with Gasteiger partial charge in [-0.1, -0.05) is 35.9 Å². The third-order valence-electron chi connectivity index (χ3n) is 6.97. The Hall–Kier alpha value is -3.50. The fraction of sp³-hybridized carbons (Fsp3) is 0.333. The van der Waals surface area contributed by atoms with Gasteiger partial charge in [0.05, 0.1) is 29.8 Å². The number of piperidine rings is 1. The normalized spacial score (nSPS) is 22.3. The van der Waals surface area contributed by atoms with Crippen LogP contribution in [0.25, 0.3) is 0 Å². The van der Waals surface area contributed by atoms with Gasteiger partial charge < -0.3 is 20.3 Å². The number of halogens is 2. The zero-order valence-electron chi connectivity index (χ0n) is 19.1. The van der Waals surface area contributed by atoms with Crippen LogP contribution >= 0.6 is 11.6 Å². The van der Waals surface area contributed by atoms with Crippen LogP contribution in [0.2, 0.25) is 5.02 Å². The number of dihydropyridines is 1. The fourth-order valence-electron chi connectivity index (χ4n) is 4.90. The third kappa shape index (κ3) is 4.85. The van der Waals surface area contributed by atoms with E-state index in [-0.39, 0.29) is 17.8 Å². The number of rotatable bonds is 4. The Bertz CT molecular complexity index is 1210. The van der Waals surface area contributed by atoms with Crippen LogP contribution in [0.1, 0.15) is 30.0 Å². The summed E-state index contributed by atoms with van der Waals surface area (Å²) in [5.74, 6) is 0.213. The maximum Gasteiger partial charge on any atom is 0.265 e. The Morgan fingerprint density at radius 1 is 1.23 bits per heavy atom. The quantitative estimate of drug-likeness (QED) is 0.644. The molecule has 1 saturated heterocycles. The standard InChI is InChI=1S/C27H26ClFN4O2/c28-21-14-23-24(13-20(21)22-3-1-2-10-31-22)35-25(16-32-23)26(34)33-11-8-27(17-30,9-12-33)15-18-4-6-19(29)7-5-18/h1-7,10,13-14,22,25,31-32H,8-9,11-12,15-16H2. The fourth-order valence-corrected chi connectivity index (χ4v) is 5.18. The van der Waals surface area contributed by atoms with Crippen LogP contribution in [0.3, 0.4) is 0 Å². The van der Waals surface area contributed by atoms with Crippen LogP contribution in [-0.2, 0) is 11.2 Å². The van der Waals surface area contributed by atoms with Crippen LogP contribution < -0.4 is 15.4 Å². The number of fused-ring (bicyclic) bond motifs is 1. The van der Waals surface area contributed by atoms with Crippen molar-refractivity contribution < 1.29 is 13.9 Å². The van der Waals surface area contributed by atoms with Crippen molar-refractivity contribution in [3.63, 3.8) is 0 Å². The van der Waals surface area contributed by atoms with E-state index in [2.05, 4.69) is 16.7 Å². The molecule has 2 N–H and O–H groups in total. The van der Waals surface area contributed by atoms with E-state index in [0.717, 1.165) is 16.8 Å². The predicted molar refractivity (Wildman–Crippen MR) is 132 cm³/mol. The van der Waals surface area contributed by atoms with Gasteiger partial charge in [0, 0.05) is 23.7 Å². The number of amides is 1. The van der Waals surface area contributed by atoms with Crippen molar-refractivity contribution in [2.24, 2.45) is 5.41 Å². The van der Waals surface area contributed by atoms with E-state index in [0.29, 0.717) is 49.7 Å². The molecule has 0 saturated carbocycles. The summed E-state index contributed by atoms with van der Waals surface area (Å²) in [5.41, 5.74) is 2.00.